The van der Waals surface area contributed by atoms with Crippen LogP contribution in [0.25, 0.3) is 0 Å². The quantitative estimate of drug-likeness (QED) is 0.832. The lowest BCUT2D eigenvalue weighted by molar-refractivity contribution is 0.299. The van der Waals surface area contributed by atoms with Crippen molar-refractivity contribution in [3.8, 4) is 0 Å². The molecule has 0 saturated carbocycles. The molecular formula is C11H18N2O2S. The second-order valence-corrected chi connectivity index (χ2v) is 5.84. The van der Waals surface area contributed by atoms with E-state index in [2.05, 4.69) is 4.72 Å². The van der Waals surface area contributed by atoms with Gasteiger partial charge in [-0.2, -0.15) is 0 Å². The summed E-state index contributed by atoms with van der Waals surface area (Å²) in [5, 5.41) is 0. The van der Waals surface area contributed by atoms with Crippen LogP contribution in [0.1, 0.15) is 11.6 Å². The predicted octanol–water partition coefficient (Wildman–Crippen LogP) is 0.839. The van der Waals surface area contributed by atoms with Gasteiger partial charge in [-0.3, -0.25) is 0 Å². The second kappa shape index (κ2) is 5.43. The van der Waals surface area contributed by atoms with Crippen LogP contribution in [-0.4, -0.2) is 40.2 Å². The summed E-state index contributed by atoms with van der Waals surface area (Å²) in [4.78, 5) is 1.99. The molecule has 90 valence electrons. The Morgan fingerprint density at radius 2 is 1.81 bits per heavy atom. The van der Waals surface area contributed by atoms with E-state index in [4.69, 9.17) is 0 Å². The highest BCUT2D eigenvalue weighted by Crippen LogP contribution is 2.16. The molecular weight excluding hydrogens is 224 g/mol. The van der Waals surface area contributed by atoms with E-state index in [1.165, 1.54) is 6.26 Å². The Kier molecular flexibility index (Phi) is 4.46. The average molecular weight is 242 g/mol. The molecule has 0 unspecified atom stereocenters. The maximum Gasteiger partial charge on any atom is 0.208 e. The van der Waals surface area contributed by atoms with E-state index in [1.807, 2.05) is 49.3 Å². The number of benzene rings is 1. The summed E-state index contributed by atoms with van der Waals surface area (Å²) < 4.78 is 24.7. The average Bonchev–Trinajstić information content (AvgIpc) is 2.17. The highest BCUT2D eigenvalue weighted by atomic mass is 32.2. The van der Waals surface area contributed by atoms with Gasteiger partial charge in [-0.15, -0.1) is 0 Å². The Balaban J connectivity index is 2.77. The van der Waals surface area contributed by atoms with Gasteiger partial charge in [-0.1, -0.05) is 30.3 Å². The third-order valence-corrected chi connectivity index (χ3v) is 3.04. The van der Waals surface area contributed by atoms with E-state index < -0.39 is 10.0 Å². The first-order chi connectivity index (χ1) is 7.40. The maximum absolute atomic E-state index is 11.1. The van der Waals surface area contributed by atoms with Crippen molar-refractivity contribution in [3.63, 3.8) is 0 Å². The normalized spacial score (nSPS) is 14.0. The lowest BCUT2D eigenvalue weighted by Crippen LogP contribution is -2.33. The van der Waals surface area contributed by atoms with Gasteiger partial charge in [0.15, 0.2) is 0 Å². The summed E-state index contributed by atoms with van der Waals surface area (Å²) >= 11 is 0. The lowest BCUT2D eigenvalue weighted by Gasteiger charge is -2.24. The largest absolute Gasteiger partial charge is 0.301 e. The minimum atomic E-state index is -3.14. The first-order valence-electron chi connectivity index (χ1n) is 5.06. The Morgan fingerprint density at radius 1 is 1.25 bits per heavy atom. The van der Waals surface area contributed by atoms with E-state index in [9.17, 15) is 8.42 Å². The van der Waals surface area contributed by atoms with Crippen LogP contribution in [0.5, 0.6) is 0 Å². The third kappa shape index (κ3) is 4.30. The van der Waals surface area contributed by atoms with E-state index in [-0.39, 0.29) is 6.04 Å². The maximum atomic E-state index is 11.1. The summed E-state index contributed by atoms with van der Waals surface area (Å²) in [6.45, 7) is 0.385. The van der Waals surface area contributed by atoms with Gasteiger partial charge < -0.3 is 4.90 Å². The molecule has 0 aliphatic carbocycles. The van der Waals surface area contributed by atoms with Crippen molar-refractivity contribution < 1.29 is 8.42 Å². The number of rotatable bonds is 5. The molecule has 0 amide bonds. The molecule has 1 aromatic carbocycles. The summed E-state index contributed by atoms with van der Waals surface area (Å²) in [5.74, 6) is 0. The fourth-order valence-electron chi connectivity index (χ4n) is 1.50. The van der Waals surface area contributed by atoms with Crippen LogP contribution < -0.4 is 4.72 Å². The fourth-order valence-corrected chi connectivity index (χ4v) is 1.96. The Bertz CT molecular complexity index is 415. The van der Waals surface area contributed by atoms with E-state index in [1.54, 1.807) is 0 Å². The van der Waals surface area contributed by atoms with Crippen molar-refractivity contribution in [1.29, 1.82) is 0 Å². The van der Waals surface area contributed by atoms with E-state index >= 15 is 0 Å². The smallest absolute Gasteiger partial charge is 0.208 e. The standard InChI is InChI=1S/C11H18N2O2S/c1-13(2)11(9-12-16(3,14)15)10-7-5-4-6-8-10/h4-8,11-12H,9H2,1-3H3/t11-/m0/s1. The first kappa shape index (κ1) is 13.2. The number of nitrogens with zero attached hydrogens (tertiary/aromatic N) is 1. The fraction of sp³-hybridized carbons (Fsp3) is 0.455. The van der Waals surface area contributed by atoms with Crippen LogP contribution in [0.15, 0.2) is 30.3 Å². The summed E-state index contributed by atoms with van der Waals surface area (Å²) in [6.07, 6.45) is 1.17. The van der Waals surface area contributed by atoms with Crippen molar-refractivity contribution in [3.05, 3.63) is 35.9 Å². The molecule has 16 heavy (non-hydrogen) atoms. The Morgan fingerprint density at radius 3 is 2.25 bits per heavy atom. The molecule has 0 spiro atoms. The molecule has 0 aliphatic heterocycles. The van der Waals surface area contributed by atoms with Gasteiger partial charge in [0.05, 0.1) is 6.26 Å². The van der Waals surface area contributed by atoms with Gasteiger partial charge in [-0.05, 0) is 19.7 Å². The summed E-state index contributed by atoms with van der Waals surface area (Å²) in [7, 11) is 0.727. The number of likely N-dealkylation sites (N-methyl/N-ethyl adjacent to an activating group) is 1. The lowest BCUT2D eigenvalue weighted by atomic mass is 10.1. The molecule has 1 atom stereocenters. The zero-order chi connectivity index (χ0) is 12.2. The van der Waals surface area contributed by atoms with Crippen molar-refractivity contribution >= 4 is 10.0 Å². The van der Waals surface area contributed by atoms with Crippen LogP contribution >= 0.6 is 0 Å². The SMILES string of the molecule is CN(C)[C@@H](CNS(C)(=O)=O)c1ccccc1. The minimum absolute atomic E-state index is 0.0518. The van der Waals surface area contributed by atoms with Gasteiger partial charge in [0.25, 0.3) is 0 Å². The molecule has 5 heteroatoms. The second-order valence-electron chi connectivity index (χ2n) is 4.01. The molecule has 0 heterocycles. The minimum Gasteiger partial charge on any atom is -0.301 e. The highest BCUT2D eigenvalue weighted by molar-refractivity contribution is 7.88. The number of nitrogens with one attached hydrogen (secondary N) is 1. The van der Waals surface area contributed by atoms with Crippen molar-refractivity contribution in [2.75, 3.05) is 26.9 Å². The van der Waals surface area contributed by atoms with Crippen molar-refractivity contribution in [1.82, 2.24) is 9.62 Å². The molecule has 1 aromatic rings. The highest BCUT2D eigenvalue weighted by Gasteiger charge is 2.15. The first-order valence-corrected chi connectivity index (χ1v) is 6.95. The third-order valence-electron chi connectivity index (χ3n) is 2.35. The van der Waals surface area contributed by atoms with Gasteiger partial charge in [0.2, 0.25) is 10.0 Å². The molecule has 0 aromatic heterocycles. The summed E-state index contributed by atoms with van der Waals surface area (Å²) in [5.41, 5.74) is 1.10. The van der Waals surface area contributed by atoms with Gasteiger partial charge in [-0.25, -0.2) is 13.1 Å². The zero-order valence-corrected chi connectivity index (χ0v) is 10.7. The molecule has 1 N–H and O–H groups in total. The predicted molar refractivity (Wildman–Crippen MR) is 65.7 cm³/mol. The molecule has 0 fully saturated rings. The van der Waals surface area contributed by atoms with Crippen molar-refractivity contribution in [2.45, 2.75) is 6.04 Å². The number of hydrogen-bond acceptors (Lipinski definition) is 3. The molecule has 0 saturated heterocycles. The summed E-state index contributed by atoms with van der Waals surface area (Å²) in [6, 6.07) is 9.89. The van der Waals surface area contributed by atoms with Crippen LogP contribution in [0.2, 0.25) is 0 Å². The van der Waals surface area contributed by atoms with E-state index in [0.29, 0.717) is 6.54 Å². The van der Waals surface area contributed by atoms with E-state index in [0.717, 1.165) is 5.56 Å². The number of sulfonamides is 1. The van der Waals surface area contributed by atoms with Gasteiger partial charge in [0, 0.05) is 12.6 Å². The molecule has 1 rings (SSSR count). The molecule has 4 nitrogen and oxygen atoms in total. The van der Waals surface area contributed by atoms with Crippen molar-refractivity contribution in [2.24, 2.45) is 0 Å². The Hall–Kier alpha value is -0.910. The monoisotopic (exact) mass is 242 g/mol. The van der Waals surface area contributed by atoms with Crippen LogP contribution in [-0.2, 0) is 10.0 Å². The van der Waals surface area contributed by atoms with Crippen LogP contribution in [0, 0.1) is 0 Å². The van der Waals surface area contributed by atoms with Gasteiger partial charge in [0.1, 0.15) is 0 Å². The molecule has 0 bridgehead atoms. The molecule has 0 radical (unpaired) electrons. The van der Waals surface area contributed by atoms with Crippen LogP contribution in [0.4, 0.5) is 0 Å². The zero-order valence-electron chi connectivity index (χ0n) is 9.84. The molecule has 0 aliphatic rings. The topological polar surface area (TPSA) is 49.4 Å². The van der Waals surface area contributed by atoms with Gasteiger partial charge >= 0.3 is 0 Å². The van der Waals surface area contributed by atoms with Crippen LogP contribution in [0.3, 0.4) is 0 Å². The number of hydrogen-bond donors (Lipinski definition) is 1. The Labute approximate surface area is 97.3 Å².